The Hall–Kier alpha value is -1.64. The van der Waals surface area contributed by atoms with E-state index in [9.17, 15) is 4.39 Å². The molecule has 0 aliphatic carbocycles. The van der Waals surface area contributed by atoms with Crippen LogP contribution in [-0.4, -0.2) is 25.8 Å². The number of hydrogen-bond acceptors (Lipinski definition) is 4. The van der Waals surface area contributed by atoms with E-state index in [-0.39, 0.29) is 11.9 Å². The van der Waals surface area contributed by atoms with E-state index in [2.05, 4.69) is 6.07 Å². The summed E-state index contributed by atoms with van der Waals surface area (Å²) in [4.78, 5) is 2.04. The van der Waals surface area contributed by atoms with E-state index in [0.29, 0.717) is 25.3 Å². The summed E-state index contributed by atoms with van der Waals surface area (Å²) in [5.41, 5.74) is 8.17. The van der Waals surface area contributed by atoms with Gasteiger partial charge in [-0.1, -0.05) is 0 Å². The smallest absolute Gasteiger partial charge is 0.161 e. The van der Waals surface area contributed by atoms with Crippen LogP contribution in [0.3, 0.4) is 0 Å². The Bertz CT molecular complexity index is 510. The first kappa shape index (κ1) is 13.8. The van der Waals surface area contributed by atoms with E-state index in [4.69, 9.17) is 15.7 Å². The SMILES string of the molecule is Cc1cc(N2CCOC(C#N)C2)c([C@@H](C)N)cc1F. The lowest BCUT2D eigenvalue weighted by Gasteiger charge is -2.34. The van der Waals surface area contributed by atoms with Gasteiger partial charge in [-0.15, -0.1) is 0 Å². The maximum atomic E-state index is 13.7. The molecule has 1 aliphatic heterocycles. The molecule has 1 saturated heterocycles. The molecule has 5 heteroatoms. The Balaban J connectivity index is 2.38. The fraction of sp³-hybridized carbons (Fsp3) is 0.500. The highest BCUT2D eigenvalue weighted by Crippen LogP contribution is 2.29. The largest absolute Gasteiger partial charge is 0.365 e. The molecule has 0 radical (unpaired) electrons. The number of nitrogens with zero attached hydrogens (tertiary/aromatic N) is 2. The van der Waals surface area contributed by atoms with Crippen LogP contribution in [0.5, 0.6) is 0 Å². The van der Waals surface area contributed by atoms with Crippen molar-refractivity contribution in [2.24, 2.45) is 5.73 Å². The summed E-state index contributed by atoms with van der Waals surface area (Å²) in [6.07, 6.45) is -0.444. The van der Waals surface area contributed by atoms with Gasteiger partial charge in [-0.3, -0.25) is 0 Å². The van der Waals surface area contributed by atoms with Crippen molar-refractivity contribution in [3.8, 4) is 6.07 Å². The summed E-state index contributed by atoms with van der Waals surface area (Å²) in [6.45, 7) is 5.22. The third-order valence-corrected chi connectivity index (χ3v) is 3.35. The average molecular weight is 263 g/mol. The molecule has 2 rings (SSSR count). The lowest BCUT2D eigenvalue weighted by atomic mass is 10.0. The zero-order valence-corrected chi connectivity index (χ0v) is 11.2. The predicted octanol–water partition coefficient (Wildman–Crippen LogP) is 1.88. The molecular weight excluding hydrogens is 245 g/mol. The summed E-state index contributed by atoms with van der Waals surface area (Å²) in [5.74, 6) is -0.249. The average Bonchev–Trinajstić information content (AvgIpc) is 2.41. The fourth-order valence-electron chi connectivity index (χ4n) is 2.27. The molecule has 0 aromatic heterocycles. The Kier molecular flexibility index (Phi) is 4.03. The van der Waals surface area contributed by atoms with Crippen molar-refractivity contribution in [2.45, 2.75) is 26.0 Å². The van der Waals surface area contributed by atoms with Gasteiger partial charge in [0.1, 0.15) is 5.82 Å². The molecule has 0 amide bonds. The van der Waals surface area contributed by atoms with Crippen LogP contribution in [0.2, 0.25) is 0 Å². The summed E-state index contributed by atoms with van der Waals surface area (Å²) in [5, 5.41) is 8.95. The fourth-order valence-corrected chi connectivity index (χ4v) is 2.27. The normalized spacial score (nSPS) is 21.0. The van der Waals surface area contributed by atoms with Crippen LogP contribution >= 0.6 is 0 Å². The summed E-state index contributed by atoms with van der Waals surface area (Å²) < 4.78 is 19.0. The van der Waals surface area contributed by atoms with E-state index in [1.165, 1.54) is 6.07 Å². The van der Waals surface area contributed by atoms with E-state index < -0.39 is 6.10 Å². The first-order valence-electron chi connectivity index (χ1n) is 6.34. The third-order valence-electron chi connectivity index (χ3n) is 3.35. The third kappa shape index (κ3) is 2.86. The van der Waals surface area contributed by atoms with Crippen molar-refractivity contribution in [2.75, 3.05) is 24.6 Å². The van der Waals surface area contributed by atoms with Gasteiger partial charge in [0.2, 0.25) is 0 Å². The second-order valence-electron chi connectivity index (χ2n) is 4.88. The summed E-state index contributed by atoms with van der Waals surface area (Å²) in [7, 11) is 0. The van der Waals surface area contributed by atoms with Gasteiger partial charge < -0.3 is 15.4 Å². The molecule has 0 bridgehead atoms. The molecule has 19 heavy (non-hydrogen) atoms. The maximum absolute atomic E-state index is 13.7. The van der Waals surface area contributed by atoms with Crippen molar-refractivity contribution in [1.82, 2.24) is 0 Å². The van der Waals surface area contributed by atoms with Crippen LogP contribution in [0.15, 0.2) is 12.1 Å². The first-order chi connectivity index (χ1) is 9.02. The van der Waals surface area contributed by atoms with Crippen molar-refractivity contribution in [3.63, 3.8) is 0 Å². The molecule has 1 unspecified atom stereocenters. The monoisotopic (exact) mass is 263 g/mol. The van der Waals surface area contributed by atoms with Crippen LogP contribution in [0.25, 0.3) is 0 Å². The van der Waals surface area contributed by atoms with Gasteiger partial charge in [0.05, 0.1) is 19.2 Å². The van der Waals surface area contributed by atoms with E-state index >= 15 is 0 Å². The zero-order chi connectivity index (χ0) is 14.0. The summed E-state index contributed by atoms with van der Waals surface area (Å²) >= 11 is 0. The van der Waals surface area contributed by atoms with Gasteiger partial charge in [-0.2, -0.15) is 5.26 Å². The van der Waals surface area contributed by atoms with E-state index in [1.807, 2.05) is 11.8 Å². The molecule has 1 aromatic rings. The first-order valence-corrected chi connectivity index (χ1v) is 6.34. The topological polar surface area (TPSA) is 62.3 Å². The van der Waals surface area contributed by atoms with Crippen LogP contribution in [-0.2, 0) is 4.74 Å². The number of nitriles is 1. The molecule has 0 spiro atoms. The Morgan fingerprint density at radius 1 is 1.58 bits per heavy atom. The Morgan fingerprint density at radius 2 is 2.32 bits per heavy atom. The second-order valence-corrected chi connectivity index (χ2v) is 4.88. The van der Waals surface area contributed by atoms with Crippen molar-refractivity contribution in [1.29, 1.82) is 5.26 Å². The number of halogens is 1. The van der Waals surface area contributed by atoms with Gasteiger partial charge in [-0.05, 0) is 37.1 Å². The van der Waals surface area contributed by atoms with Crippen molar-refractivity contribution >= 4 is 5.69 Å². The van der Waals surface area contributed by atoms with Gasteiger partial charge in [0.15, 0.2) is 6.10 Å². The minimum Gasteiger partial charge on any atom is -0.365 e. The van der Waals surface area contributed by atoms with Crippen molar-refractivity contribution < 1.29 is 9.13 Å². The molecule has 2 atom stereocenters. The number of rotatable bonds is 2. The lowest BCUT2D eigenvalue weighted by molar-refractivity contribution is 0.0763. The Labute approximate surface area is 112 Å². The van der Waals surface area contributed by atoms with Crippen LogP contribution in [0, 0.1) is 24.1 Å². The standard InChI is InChI=1S/C14H18FN3O/c1-9-5-14(12(10(2)17)6-13(9)15)18-3-4-19-11(7-16)8-18/h5-6,10-11H,3-4,8,17H2,1-2H3/t10-,11?/m1/s1. The number of hydrogen-bond donors (Lipinski definition) is 1. The van der Waals surface area contributed by atoms with Crippen LogP contribution in [0.1, 0.15) is 24.1 Å². The van der Waals surface area contributed by atoms with Gasteiger partial charge in [0, 0.05) is 18.3 Å². The number of ether oxygens (including phenoxy) is 1. The van der Waals surface area contributed by atoms with Crippen molar-refractivity contribution in [3.05, 3.63) is 29.1 Å². The summed E-state index contributed by atoms with van der Waals surface area (Å²) in [6, 6.07) is 5.14. The van der Waals surface area contributed by atoms with E-state index in [1.54, 1.807) is 13.0 Å². The minimum absolute atomic E-state index is 0.249. The highest BCUT2D eigenvalue weighted by molar-refractivity contribution is 5.57. The molecule has 1 fully saturated rings. The quantitative estimate of drug-likeness (QED) is 0.885. The van der Waals surface area contributed by atoms with Crippen LogP contribution < -0.4 is 10.6 Å². The van der Waals surface area contributed by atoms with Gasteiger partial charge in [-0.25, -0.2) is 4.39 Å². The number of morpholine rings is 1. The molecular formula is C14H18FN3O. The van der Waals surface area contributed by atoms with Gasteiger partial charge >= 0.3 is 0 Å². The van der Waals surface area contributed by atoms with Gasteiger partial charge in [0.25, 0.3) is 0 Å². The number of aryl methyl sites for hydroxylation is 1. The molecule has 1 aromatic carbocycles. The van der Waals surface area contributed by atoms with E-state index in [0.717, 1.165) is 11.3 Å². The predicted molar refractivity (Wildman–Crippen MR) is 71.3 cm³/mol. The maximum Gasteiger partial charge on any atom is 0.161 e. The molecule has 102 valence electrons. The number of anilines is 1. The molecule has 1 aliphatic rings. The molecule has 4 nitrogen and oxygen atoms in total. The highest BCUT2D eigenvalue weighted by Gasteiger charge is 2.23. The molecule has 0 saturated carbocycles. The second kappa shape index (κ2) is 5.55. The number of nitrogens with two attached hydrogens (primary N) is 1. The highest BCUT2D eigenvalue weighted by atomic mass is 19.1. The minimum atomic E-state index is -0.444. The number of benzene rings is 1. The zero-order valence-electron chi connectivity index (χ0n) is 11.2. The lowest BCUT2D eigenvalue weighted by Crippen LogP contribution is -2.42. The van der Waals surface area contributed by atoms with Crippen LogP contribution in [0.4, 0.5) is 10.1 Å². The Morgan fingerprint density at radius 3 is 2.95 bits per heavy atom. The molecule has 2 N–H and O–H groups in total. The molecule has 1 heterocycles.